The predicted molar refractivity (Wildman–Crippen MR) is 124 cm³/mol. The highest BCUT2D eigenvalue weighted by atomic mass is 32.1. The first-order valence-electron chi connectivity index (χ1n) is 9.46. The molecule has 1 aromatic heterocycles. The summed E-state index contributed by atoms with van der Waals surface area (Å²) in [5.41, 5.74) is 2.23. The quantitative estimate of drug-likeness (QED) is 0.301. The maximum absolute atomic E-state index is 3.52. The van der Waals surface area contributed by atoms with Crippen LogP contribution >= 0.6 is 11.3 Å². The fraction of sp³-hybridized carbons (Fsp3) is 0. The minimum Gasteiger partial charge on any atom is -0.355 e. The number of hydrogen-bond donors (Lipinski definition) is 1. The molecule has 132 valence electrons. The Balaban J connectivity index is 1.67. The zero-order valence-corrected chi connectivity index (χ0v) is 16.0. The summed E-state index contributed by atoms with van der Waals surface area (Å²) < 4.78 is 2.69. The van der Waals surface area contributed by atoms with Gasteiger partial charge in [-0.1, -0.05) is 72.8 Å². The molecule has 1 N–H and O–H groups in total. The number of rotatable bonds is 2. The minimum atomic E-state index is 1.11. The average molecular weight is 375 g/mol. The van der Waals surface area contributed by atoms with Gasteiger partial charge in [0.05, 0.1) is 0 Å². The van der Waals surface area contributed by atoms with E-state index in [0.29, 0.717) is 0 Å². The van der Waals surface area contributed by atoms with Crippen LogP contribution in [0.15, 0.2) is 97.1 Å². The van der Waals surface area contributed by atoms with Crippen molar-refractivity contribution in [2.75, 3.05) is 5.32 Å². The lowest BCUT2D eigenvalue weighted by Gasteiger charge is -2.07. The van der Waals surface area contributed by atoms with Crippen LogP contribution in [0, 0.1) is 0 Å². The summed E-state index contributed by atoms with van der Waals surface area (Å²) >= 11 is 1.89. The molecule has 5 aromatic carbocycles. The van der Waals surface area contributed by atoms with Gasteiger partial charge in [-0.3, -0.25) is 0 Å². The Morgan fingerprint density at radius 3 is 1.93 bits per heavy atom. The largest absolute Gasteiger partial charge is 0.355 e. The molecule has 0 aliphatic rings. The molecule has 0 aliphatic heterocycles. The van der Waals surface area contributed by atoms with Gasteiger partial charge in [-0.05, 0) is 40.4 Å². The summed E-state index contributed by atoms with van der Waals surface area (Å²) in [6, 6.07) is 34.6. The topological polar surface area (TPSA) is 12.0 Å². The first-order chi connectivity index (χ1) is 13.9. The molecule has 0 radical (unpaired) electrons. The van der Waals surface area contributed by atoms with Gasteiger partial charge in [0, 0.05) is 36.9 Å². The van der Waals surface area contributed by atoms with Crippen LogP contribution in [0.25, 0.3) is 41.7 Å². The Morgan fingerprint density at radius 2 is 1.14 bits per heavy atom. The van der Waals surface area contributed by atoms with Crippen molar-refractivity contribution in [2.45, 2.75) is 0 Å². The van der Waals surface area contributed by atoms with E-state index >= 15 is 0 Å². The molecular formula is C26H17NS. The van der Waals surface area contributed by atoms with E-state index < -0.39 is 0 Å². The lowest BCUT2D eigenvalue weighted by molar-refractivity contribution is 1.57. The van der Waals surface area contributed by atoms with Crippen molar-refractivity contribution in [1.29, 1.82) is 0 Å². The Bertz CT molecular complexity index is 1480. The van der Waals surface area contributed by atoms with Gasteiger partial charge in [0.25, 0.3) is 0 Å². The number of fused-ring (bicyclic) bond motifs is 8. The molecule has 28 heavy (non-hydrogen) atoms. The molecule has 6 aromatic rings. The van der Waals surface area contributed by atoms with E-state index in [0.717, 1.165) is 11.4 Å². The summed E-state index contributed by atoms with van der Waals surface area (Å²) in [4.78, 5) is 0. The third-order valence-corrected chi connectivity index (χ3v) is 6.60. The van der Waals surface area contributed by atoms with E-state index in [9.17, 15) is 0 Å². The zero-order valence-electron chi connectivity index (χ0n) is 15.1. The molecular weight excluding hydrogens is 358 g/mol. The first kappa shape index (κ1) is 15.7. The number of para-hydroxylation sites is 1. The van der Waals surface area contributed by atoms with Crippen molar-refractivity contribution >= 4 is 64.4 Å². The summed E-state index contributed by atoms with van der Waals surface area (Å²) in [6.45, 7) is 0. The van der Waals surface area contributed by atoms with Gasteiger partial charge in [0.1, 0.15) is 0 Å². The van der Waals surface area contributed by atoms with Gasteiger partial charge in [0.2, 0.25) is 0 Å². The van der Waals surface area contributed by atoms with Crippen LogP contribution in [-0.4, -0.2) is 0 Å². The van der Waals surface area contributed by atoms with Gasteiger partial charge in [-0.15, -0.1) is 11.3 Å². The van der Waals surface area contributed by atoms with Crippen LogP contribution in [-0.2, 0) is 0 Å². The molecule has 0 amide bonds. The standard InChI is InChI=1S/C26H17NS/c1-2-8-17(9-3-1)27-18-14-15-23-24(16-18)28-26-22-13-7-5-11-20(22)19-10-4-6-12-21(19)25(23)26/h1-16,27H. The second-order valence-corrected chi connectivity index (χ2v) is 8.15. The third-order valence-electron chi connectivity index (χ3n) is 5.41. The summed E-state index contributed by atoms with van der Waals surface area (Å²) in [7, 11) is 0. The highest BCUT2D eigenvalue weighted by molar-refractivity contribution is 7.27. The Morgan fingerprint density at radius 1 is 0.500 bits per heavy atom. The Labute approximate surface area is 166 Å². The predicted octanol–water partition coefficient (Wildman–Crippen LogP) is 8.10. The number of thiophene rings is 1. The van der Waals surface area contributed by atoms with Crippen molar-refractivity contribution in [3.63, 3.8) is 0 Å². The number of nitrogens with one attached hydrogen (secondary N) is 1. The van der Waals surface area contributed by atoms with Crippen LogP contribution in [0.4, 0.5) is 11.4 Å². The van der Waals surface area contributed by atoms with Crippen LogP contribution in [0.2, 0.25) is 0 Å². The minimum absolute atomic E-state index is 1.11. The van der Waals surface area contributed by atoms with E-state index in [2.05, 4.69) is 96.3 Å². The molecule has 0 atom stereocenters. The lowest BCUT2D eigenvalue weighted by atomic mass is 9.97. The van der Waals surface area contributed by atoms with Gasteiger partial charge >= 0.3 is 0 Å². The molecule has 0 fully saturated rings. The monoisotopic (exact) mass is 375 g/mol. The van der Waals surface area contributed by atoms with E-state index in [-0.39, 0.29) is 0 Å². The molecule has 1 nitrogen and oxygen atoms in total. The van der Waals surface area contributed by atoms with Crippen LogP contribution < -0.4 is 5.32 Å². The highest BCUT2D eigenvalue weighted by Crippen LogP contribution is 2.44. The Kier molecular flexibility index (Phi) is 3.40. The number of benzene rings is 5. The average Bonchev–Trinajstić information content (AvgIpc) is 3.14. The maximum atomic E-state index is 3.52. The second kappa shape index (κ2) is 6.08. The fourth-order valence-corrected chi connectivity index (χ4v) is 5.47. The third kappa shape index (κ3) is 2.32. The normalized spacial score (nSPS) is 11.6. The molecule has 0 saturated heterocycles. The molecule has 0 bridgehead atoms. The van der Waals surface area contributed by atoms with Gasteiger partial charge in [0.15, 0.2) is 0 Å². The lowest BCUT2D eigenvalue weighted by Crippen LogP contribution is -1.88. The Hall–Kier alpha value is -3.36. The summed E-state index contributed by atoms with van der Waals surface area (Å²) in [6.07, 6.45) is 0. The molecule has 0 aliphatic carbocycles. The van der Waals surface area contributed by atoms with E-state index in [1.54, 1.807) is 0 Å². The molecule has 0 spiro atoms. The van der Waals surface area contributed by atoms with Crippen molar-refractivity contribution in [2.24, 2.45) is 0 Å². The van der Waals surface area contributed by atoms with Crippen molar-refractivity contribution in [3.8, 4) is 0 Å². The zero-order chi connectivity index (χ0) is 18.5. The van der Waals surface area contributed by atoms with Crippen molar-refractivity contribution in [3.05, 3.63) is 97.1 Å². The highest BCUT2D eigenvalue weighted by Gasteiger charge is 2.14. The smallest absolute Gasteiger partial charge is 0.0440 e. The van der Waals surface area contributed by atoms with Crippen LogP contribution in [0.3, 0.4) is 0 Å². The number of hydrogen-bond acceptors (Lipinski definition) is 2. The first-order valence-corrected chi connectivity index (χ1v) is 10.3. The van der Waals surface area contributed by atoms with Crippen LogP contribution in [0.5, 0.6) is 0 Å². The van der Waals surface area contributed by atoms with Gasteiger partial charge < -0.3 is 5.32 Å². The van der Waals surface area contributed by atoms with Gasteiger partial charge in [-0.2, -0.15) is 0 Å². The molecule has 0 unspecified atom stereocenters. The summed E-state index contributed by atoms with van der Waals surface area (Å²) in [5.74, 6) is 0. The second-order valence-electron chi connectivity index (χ2n) is 7.10. The number of anilines is 2. The molecule has 1 heterocycles. The van der Waals surface area contributed by atoms with E-state index in [1.165, 1.54) is 41.7 Å². The maximum Gasteiger partial charge on any atom is 0.0440 e. The molecule has 6 rings (SSSR count). The molecule has 2 heteroatoms. The van der Waals surface area contributed by atoms with Crippen molar-refractivity contribution < 1.29 is 0 Å². The van der Waals surface area contributed by atoms with E-state index in [4.69, 9.17) is 0 Å². The van der Waals surface area contributed by atoms with E-state index in [1.807, 2.05) is 17.4 Å². The molecule has 0 saturated carbocycles. The van der Waals surface area contributed by atoms with Crippen LogP contribution in [0.1, 0.15) is 0 Å². The van der Waals surface area contributed by atoms with Crippen molar-refractivity contribution in [1.82, 2.24) is 0 Å². The fourth-order valence-electron chi connectivity index (χ4n) is 4.17. The SMILES string of the molecule is c1ccc(Nc2ccc3c(c2)sc2c4ccccc4c4ccccc4c32)cc1. The van der Waals surface area contributed by atoms with Gasteiger partial charge in [-0.25, -0.2) is 0 Å². The summed E-state index contributed by atoms with van der Waals surface area (Å²) in [5, 5.41) is 11.6.